The fourth-order valence-corrected chi connectivity index (χ4v) is 1.96. The van der Waals surface area contributed by atoms with E-state index in [0.717, 1.165) is 5.69 Å². The molecule has 2 rings (SSSR count). The summed E-state index contributed by atoms with van der Waals surface area (Å²) in [6.45, 7) is 1.90. The van der Waals surface area contributed by atoms with Gasteiger partial charge in [0.05, 0.1) is 11.9 Å². The Hall–Kier alpha value is -1.27. The summed E-state index contributed by atoms with van der Waals surface area (Å²) in [7, 11) is 1.74. The molecule has 0 saturated heterocycles. The third kappa shape index (κ3) is 1.53. The number of hydrogen-bond donors (Lipinski definition) is 1. The molecular weight excluding hydrogens is 200 g/mol. The molecule has 2 heterocycles. The normalized spacial score (nSPS) is 13.1. The monoisotopic (exact) mass is 210 g/mol. The minimum absolute atomic E-state index is 0.652. The van der Waals surface area contributed by atoms with Crippen molar-refractivity contribution >= 4 is 11.3 Å². The van der Waals surface area contributed by atoms with E-state index in [2.05, 4.69) is 15.3 Å². The molecule has 0 amide bonds. The van der Waals surface area contributed by atoms with Gasteiger partial charge in [0.1, 0.15) is 11.1 Å². The molecule has 0 aromatic carbocycles. The Balaban J connectivity index is 2.33. The van der Waals surface area contributed by atoms with Gasteiger partial charge in [0, 0.05) is 18.1 Å². The van der Waals surface area contributed by atoms with Crippen LogP contribution in [0.1, 0.15) is 22.5 Å². The van der Waals surface area contributed by atoms with Gasteiger partial charge >= 0.3 is 0 Å². The van der Waals surface area contributed by atoms with Crippen molar-refractivity contribution in [2.24, 2.45) is 7.05 Å². The Morgan fingerprint density at radius 3 is 2.86 bits per heavy atom. The predicted molar refractivity (Wildman–Crippen MR) is 51.9 cm³/mol. The van der Waals surface area contributed by atoms with Gasteiger partial charge in [-0.2, -0.15) is 0 Å². The van der Waals surface area contributed by atoms with E-state index in [4.69, 9.17) is 0 Å². The van der Waals surface area contributed by atoms with Crippen molar-refractivity contribution in [1.29, 1.82) is 0 Å². The van der Waals surface area contributed by atoms with E-state index in [1.165, 1.54) is 11.3 Å². The lowest BCUT2D eigenvalue weighted by molar-refractivity contribution is 0.209. The van der Waals surface area contributed by atoms with Crippen LogP contribution in [-0.4, -0.2) is 25.1 Å². The zero-order valence-corrected chi connectivity index (χ0v) is 8.69. The number of aromatic nitrogens is 4. The van der Waals surface area contributed by atoms with Gasteiger partial charge in [-0.05, 0) is 6.92 Å². The maximum atomic E-state index is 9.92. The Morgan fingerprint density at radius 2 is 2.36 bits per heavy atom. The van der Waals surface area contributed by atoms with Crippen LogP contribution in [0.2, 0.25) is 0 Å². The van der Waals surface area contributed by atoms with Crippen LogP contribution < -0.4 is 0 Å². The molecule has 14 heavy (non-hydrogen) atoms. The zero-order valence-electron chi connectivity index (χ0n) is 7.88. The lowest BCUT2D eigenvalue weighted by Crippen LogP contribution is -2.06. The minimum Gasteiger partial charge on any atom is -0.379 e. The van der Waals surface area contributed by atoms with Crippen LogP contribution >= 0.6 is 11.3 Å². The largest absolute Gasteiger partial charge is 0.379 e. The Morgan fingerprint density at radius 1 is 1.57 bits per heavy atom. The molecule has 0 aliphatic carbocycles. The van der Waals surface area contributed by atoms with Crippen molar-refractivity contribution in [3.63, 3.8) is 0 Å². The molecule has 1 N–H and O–H groups in total. The Bertz CT molecular complexity index is 436. The molecule has 6 heteroatoms. The number of nitrogens with zero attached hydrogens (tertiary/aromatic N) is 4. The van der Waals surface area contributed by atoms with Gasteiger partial charge in [-0.3, -0.25) is 0 Å². The third-order valence-electron chi connectivity index (χ3n) is 1.90. The molecule has 74 valence electrons. The summed E-state index contributed by atoms with van der Waals surface area (Å²) < 4.78 is 1.54. The summed E-state index contributed by atoms with van der Waals surface area (Å²) in [5.41, 5.74) is 1.57. The highest BCUT2D eigenvalue weighted by molar-refractivity contribution is 7.09. The zero-order chi connectivity index (χ0) is 10.1. The van der Waals surface area contributed by atoms with Crippen LogP contribution in [-0.2, 0) is 7.05 Å². The van der Waals surface area contributed by atoms with E-state index in [1.807, 2.05) is 12.3 Å². The Kier molecular flexibility index (Phi) is 2.30. The summed E-state index contributed by atoms with van der Waals surface area (Å²) in [5.74, 6) is 0. The van der Waals surface area contributed by atoms with Crippen molar-refractivity contribution in [2.75, 3.05) is 0 Å². The predicted octanol–water partition coefficient (Wildman–Crippen LogP) is 0.662. The van der Waals surface area contributed by atoms with Crippen LogP contribution in [0.15, 0.2) is 11.6 Å². The molecule has 5 nitrogen and oxygen atoms in total. The second kappa shape index (κ2) is 3.47. The molecule has 2 aromatic heterocycles. The molecule has 0 fully saturated rings. The molecule has 1 unspecified atom stereocenters. The molecule has 0 aliphatic heterocycles. The van der Waals surface area contributed by atoms with Gasteiger partial charge in [0.25, 0.3) is 0 Å². The highest BCUT2D eigenvalue weighted by atomic mass is 32.1. The minimum atomic E-state index is -0.728. The molecule has 0 spiro atoms. The van der Waals surface area contributed by atoms with Crippen molar-refractivity contribution in [3.8, 4) is 0 Å². The number of aryl methyl sites for hydroxylation is 2. The maximum Gasteiger partial charge on any atom is 0.149 e. The van der Waals surface area contributed by atoms with Gasteiger partial charge in [-0.15, -0.1) is 16.4 Å². The topological polar surface area (TPSA) is 63.8 Å². The van der Waals surface area contributed by atoms with Gasteiger partial charge in [0.15, 0.2) is 0 Å². The number of aliphatic hydroxyl groups excluding tert-OH is 1. The van der Waals surface area contributed by atoms with E-state index in [-0.39, 0.29) is 0 Å². The van der Waals surface area contributed by atoms with E-state index in [0.29, 0.717) is 10.7 Å². The summed E-state index contributed by atoms with van der Waals surface area (Å²) in [6.07, 6.45) is 0.815. The van der Waals surface area contributed by atoms with E-state index >= 15 is 0 Å². The van der Waals surface area contributed by atoms with Crippen LogP contribution in [0.3, 0.4) is 0 Å². The average Bonchev–Trinajstić information content (AvgIpc) is 2.73. The first kappa shape index (κ1) is 9.29. The standard InChI is InChI=1S/C8H10N4OS/c1-5-4-14-8(10-5)7(13)6-3-9-11-12(6)2/h3-4,7,13H,1-2H3. The molecule has 0 radical (unpaired) electrons. The first-order valence-corrected chi connectivity index (χ1v) is 5.01. The SMILES string of the molecule is Cc1csc(C(O)c2cnnn2C)n1. The lowest BCUT2D eigenvalue weighted by atomic mass is 10.3. The quantitative estimate of drug-likeness (QED) is 0.791. The number of rotatable bonds is 2. The second-order valence-corrected chi connectivity index (χ2v) is 3.90. The van der Waals surface area contributed by atoms with Crippen LogP contribution in [0, 0.1) is 6.92 Å². The molecule has 2 aromatic rings. The molecule has 0 bridgehead atoms. The van der Waals surface area contributed by atoms with Crippen LogP contribution in [0.25, 0.3) is 0 Å². The average molecular weight is 210 g/mol. The smallest absolute Gasteiger partial charge is 0.149 e. The Labute approximate surface area is 85.0 Å². The third-order valence-corrected chi connectivity index (χ3v) is 2.92. The molecule has 0 saturated carbocycles. The summed E-state index contributed by atoms with van der Waals surface area (Å²) in [5, 5.41) is 20.0. The first-order valence-electron chi connectivity index (χ1n) is 4.13. The van der Waals surface area contributed by atoms with Crippen molar-refractivity contribution in [2.45, 2.75) is 13.0 Å². The maximum absolute atomic E-state index is 9.92. The van der Waals surface area contributed by atoms with Crippen molar-refractivity contribution < 1.29 is 5.11 Å². The van der Waals surface area contributed by atoms with Gasteiger partial charge in [-0.1, -0.05) is 5.21 Å². The van der Waals surface area contributed by atoms with Crippen LogP contribution in [0.4, 0.5) is 0 Å². The van der Waals surface area contributed by atoms with Crippen molar-refractivity contribution in [1.82, 2.24) is 20.0 Å². The molecular formula is C8H10N4OS. The number of thiazole rings is 1. The second-order valence-electron chi connectivity index (χ2n) is 3.01. The fourth-order valence-electron chi connectivity index (χ4n) is 1.17. The summed E-state index contributed by atoms with van der Waals surface area (Å²) in [6, 6.07) is 0. The van der Waals surface area contributed by atoms with Crippen LogP contribution in [0.5, 0.6) is 0 Å². The van der Waals surface area contributed by atoms with Gasteiger partial charge < -0.3 is 5.11 Å². The van der Waals surface area contributed by atoms with Gasteiger partial charge in [-0.25, -0.2) is 9.67 Å². The highest BCUT2D eigenvalue weighted by Gasteiger charge is 2.17. The van der Waals surface area contributed by atoms with E-state index in [1.54, 1.807) is 17.9 Å². The van der Waals surface area contributed by atoms with Gasteiger partial charge in [0.2, 0.25) is 0 Å². The highest BCUT2D eigenvalue weighted by Crippen LogP contribution is 2.23. The fraction of sp³-hybridized carbons (Fsp3) is 0.375. The summed E-state index contributed by atoms with van der Waals surface area (Å²) >= 11 is 1.43. The number of hydrogen-bond acceptors (Lipinski definition) is 5. The van der Waals surface area contributed by atoms with Crippen molar-refractivity contribution in [3.05, 3.63) is 28.0 Å². The number of aliphatic hydroxyl groups is 1. The molecule has 0 aliphatic rings. The lowest BCUT2D eigenvalue weighted by Gasteiger charge is -2.05. The van der Waals surface area contributed by atoms with E-state index < -0.39 is 6.10 Å². The molecule has 1 atom stereocenters. The van der Waals surface area contributed by atoms with E-state index in [9.17, 15) is 5.11 Å². The first-order chi connectivity index (χ1) is 6.68. The summed E-state index contributed by atoms with van der Waals surface area (Å²) in [4.78, 5) is 4.21.